The fourth-order valence-electron chi connectivity index (χ4n) is 4.72. The number of rotatable bonds is 14. The monoisotopic (exact) mass is 551 g/mol. The lowest BCUT2D eigenvalue weighted by Crippen LogP contribution is -2.54. The highest BCUT2D eigenvalue weighted by Crippen LogP contribution is 2.26. The summed E-state index contributed by atoms with van der Waals surface area (Å²) >= 11 is 0. The number of carbonyl (C=O) groups excluding carboxylic acids is 3. The van der Waals surface area contributed by atoms with Crippen LogP contribution in [-0.2, 0) is 20.7 Å². The van der Waals surface area contributed by atoms with Gasteiger partial charge in [-0.2, -0.15) is 0 Å². The van der Waals surface area contributed by atoms with E-state index in [0.717, 1.165) is 54.4 Å². The second-order valence-corrected chi connectivity index (χ2v) is 11.6. The molecule has 2 rings (SSSR count). The first-order valence-electron chi connectivity index (χ1n) is 14.6. The molecule has 2 aromatic carbocycles. The highest BCUT2D eigenvalue weighted by Gasteiger charge is 2.36. The average molecular weight is 552 g/mol. The Balaban J connectivity index is 2.53. The fraction of sp³-hybridized carbons (Fsp3) is 0.545. The van der Waals surface area contributed by atoms with E-state index >= 15 is 0 Å². The zero-order valence-corrected chi connectivity index (χ0v) is 25.5. The molecular formula is C33H49N3O4. The van der Waals surface area contributed by atoms with Gasteiger partial charge in [0.2, 0.25) is 11.8 Å². The predicted molar refractivity (Wildman–Crippen MR) is 161 cm³/mol. The van der Waals surface area contributed by atoms with Crippen molar-refractivity contribution in [3.05, 3.63) is 70.8 Å². The zero-order chi connectivity index (χ0) is 29.7. The number of amides is 3. The smallest absolute Gasteiger partial charge is 0.408 e. The Kier molecular flexibility index (Phi) is 13.2. The van der Waals surface area contributed by atoms with Crippen LogP contribution in [0.4, 0.5) is 4.79 Å². The van der Waals surface area contributed by atoms with Gasteiger partial charge >= 0.3 is 6.09 Å². The van der Waals surface area contributed by atoms with Crippen LogP contribution in [0.3, 0.4) is 0 Å². The molecule has 7 heteroatoms. The number of carbonyl (C=O) groups is 3. The minimum atomic E-state index is -0.907. The van der Waals surface area contributed by atoms with Gasteiger partial charge in [-0.15, -0.1) is 0 Å². The highest BCUT2D eigenvalue weighted by molar-refractivity contribution is 5.92. The van der Waals surface area contributed by atoms with Crippen molar-refractivity contribution >= 4 is 17.9 Å². The summed E-state index contributed by atoms with van der Waals surface area (Å²) in [6, 6.07) is 13.8. The van der Waals surface area contributed by atoms with Crippen molar-refractivity contribution in [2.75, 3.05) is 13.1 Å². The molecule has 7 nitrogen and oxygen atoms in total. The maximum absolute atomic E-state index is 14.4. The third-order valence-corrected chi connectivity index (χ3v) is 6.51. The number of alkyl carbamates (subject to hydrolysis) is 1. The van der Waals surface area contributed by atoms with E-state index < -0.39 is 23.8 Å². The zero-order valence-electron chi connectivity index (χ0n) is 25.5. The van der Waals surface area contributed by atoms with Gasteiger partial charge in [0.1, 0.15) is 17.7 Å². The van der Waals surface area contributed by atoms with Crippen molar-refractivity contribution in [2.45, 2.75) is 105 Å². The number of hydrogen-bond donors (Lipinski definition) is 2. The minimum absolute atomic E-state index is 0.207. The van der Waals surface area contributed by atoms with Gasteiger partial charge < -0.3 is 20.3 Å². The molecule has 2 N–H and O–H groups in total. The third-order valence-electron chi connectivity index (χ3n) is 6.51. The van der Waals surface area contributed by atoms with E-state index in [4.69, 9.17) is 4.74 Å². The first-order valence-corrected chi connectivity index (χ1v) is 14.6. The molecule has 0 fully saturated rings. The van der Waals surface area contributed by atoms with Crippen molar-refractivity contribution < 1.29 is 19.1 Å². The second kappa shape index (κ2) is 16.0. The van der Waals surface area contributed by atoms with Gasteiger partial charge in [0, 0.05) is 19.5 Å². The molecule has 0 bridgehead atoms. The Bertz CT molecular complexity index is 1070. The standard InChI is InChI=1S/C33H49N3O4/c1-8-10-15-18-34-30(37)29(27-21-24(3)20-25(4)22-27)36(19-11-9-2)31(38)28(23-26-16-13-12-14-17-26)35-32(39)40-33(5,6)7/h12-14,16-17,20-22,28-29H,8-11,15,18-19,23H2,1-7H3,(H,34,37)(H,35,39). The molecule has 0 heterocycles. The molecular weight excluding hydrogens is 502 g/mol. The molecule has 2 atom stereocenters. The summed E-state index contributed by atoms with van der Waals surface area (Å²) in [5.74, 6) is -0.516. The first-order chi connectivity index (χ1) is 18.9. The van der Waals surface area contributed by atoms with Crippen molar-refractivity contribution in [2.24, 2.45) is 0 Å². The summed E-state index contributed by atoms with van der Waals surface area (Å²) in [4.78, 5) is 42.7. The number of ether oxygens (including phenoxy) is 1. The lowest BCUT2D eigenvalue weighted by Gasteiger charge is -2.35. The average Bonchev–Trinajstić information content (AvgIpc) is 2.87. The van der Waals surface area contributed by atoms with Crippen LogP contribution in [0.1, 0.15) is 95.0 Å². The summed E-state index contributed by atoms with van der Waals surface area (Å²) in [7, 11) is 0. The molecule has 2 aromatic rings. The van der Waals surface area contributed by atoms with Crippen LogP contribution in [-0.4, -0.2) is 47.5 Å². The Morgan fingerprint density at radius 3 is 2.10 bits per heavy atom. The summed E-state index contributed by atoms with van der Waals surface area (Å²) in [6.07, 6.45) is 4.14. The third kappa shape index (κ3) is 11.0. The van der Waals surface area contributed by atoms with Gasteiger partial charge in [-0.05, 0) is 58.6 Å². The number of aryl methyl sites for hydroxylation is 2. The molecule has 0 spiro atoms. The summed E-state index contributed by atoms with van der Waals surface area (Å²) in [6.45, 7) is 14.5. The number of benzene rings is 2. The van der Waals surface area contributed by atoms with E-state index in [1.807, 2.05) is 56.3 Å². The van der Waals surface area contributed by atoms with Crippen LogP contribution in [0.15, 0.2) is 48.5 Å². The Morgan fingerprint density at radius 2 is 1.52 bits per heavy atom. The Hall–Kier alpha value is -3.35. The molecule has 3 amide bonds. The van der Waals surface area contributed by atoms with E-state index in [1.54, 1.807) is 25.7 Å². The molecule has 0 aromatic heterocycles. The number of hydrogen-bond acceptors (Lipinski definition) is 4. The van der Waals surface area contributed by atoms with E-state index in [9.17, 15) is 14.4 Å². The van der Waals surface area contributed by atoms with Gasteiger partial charge in [-0.1, -0.05) is 92.8 Å². The molecule has 220 valence electrons. The molecule has 0 saturated heterocycles. The first kappa shape index (κ1) is 32.9. The van der Waals surface area contributed by atoms with E-state index in [1.165, 1.54) is 0 Å². The summed E-state index contributed by atoms with van der Waals surface area (Å²) in [5.41, 5.74) is 3.00. The van der Waals surface area contributed by atoms with Crippen molar-refractivity contribution in [3.8, 4) is 0 Å². The van der Waals surface area contributed by atoms with Gasteiger partial charge in [-0.25, -0.2) is 4.79 Å². The van der Waals surface area contributed by atoms with E-state index in [-0.39, 0.29) is 18.2 Å². The van der Waals surface area contributed by atoms with Crippen LogP contribution in [0.25, 0.3) is 0 Å². The van der Waals surface area contributed by atoms with Crippen LogP contribution >= 0.6 is 0 Å². The topological polar surface area (TPSA) is 87.7 Å². The summed E-state index contributed by atoms with van der Waals surface area (Å²) in [5, 5.41) is 5.90. The van der Waals surface area contributed by atoms with E-state index in [2.05, 4.69) is 30.5 Å². The van der Waals surface area contributed by atoms with Crippen LogP contribution in [0, 0.1) is 13.8 Å². The second-order valence-electron chi connectivity index (χ2n) is 11.6. The van der Waals surface area contributed by atoms with Crippen molar-refractivity contribution in [1.82, 2.24) is 15.5 Å². The Morgan fingerprint density at radius 1 is 0.900 bits per heavy atom. The Labute approximate surface area is 241 Å². The molecule has 0 saturated carbocycles. The number of nitrogens with one attached hydrogen (secondary N) is 2. The quantitative estimate of drug-likeness (QED) is 0.265. The highest BCUT2D eigenvalue weighted by atomic mass is 16.6. The van der Waals surface area contributed by atoms with Gasteiger partial charge in [0.05, 0.1) is 0 Å². The molecule has 2 unspecified atom stereocenters. The largest absolute Gasteiger partial charge is 0.444 e. The molecule has 0 aliphatic rings. The predicted octanol–water partition coefficient (Wildman–Crippen LogP) is 6.42. The molecule has 0 aliphatic carbocycles. The SMILES string of the molecule is CCCCCNC(=O)C(c1cc(C)cc(C)c1)N(CCCC)C(=O)C(Cc1ccccc1)NC(=O)OC(C)(C)C. The van der Waals surface area contributed by atoms with Crippen molar-refractivity contribution in [1.29, 1.82) is 0 Å². The van der Waals surface area contributed by atoms with Gasteiger partial charge in [-0.3, -0.25) is 9.59 Å². The van der Waals surface area contributed by atoms with Crippen LogP contribution in [0.2, 0.25) is 0 Å². The minimum Gasteiger partial charge on any atom is -0.444 e. The van der Waals surface area contributed by atoms with E-state index in [0.29, 0.717) is 13.1 Å². The van der Waals surface area contributed by atoms with Crippen LogP contribution in [0.5, 0.6) is 0 Å². The number of unbranched alkanes of at least 4 members (excludes halogenated alkanes) is 3. The molecule has 0 aliphatic heterocycles. The molecule has 0 radical (unpaired) electrons. The lowest BCUT2D eigenvalue weighted by atomic mass is 9.97. The van der Waals surface area contributed by atoms with Crippen LogP contribution < -0.4 is 10.6 Å². The lowest BCUT2D eigenvalue weighted by molar-refractivity contribution is -0.142. The summed E-state index contributed by atoms with van der Waals surface area (Å²) < 4.78 is 5.52. The number of nitrogens with zero attached hydrogens (tertiary/aromatic N) is 1. The molecule has 40 heavy (non-hydrogen) atoms. The van der Waals surface area contributed by atoms with Gasteiger partial charge in [0.15, 0.2) is 0 Å². The maximum Gasteiger partial charge on any atom is 0.408 e. The van der Waals surface area contributed by atoms with Gasteiger partial charge in [0.25, 0.3) is 0 Å². The van der Waals surface area contributed by atoms with Crippen molar-refractivity contribution in [3.63, 3.8) is 0 Å². The fourth-order valence-corrected chi connectivity index (χ4v) is 4.72. The normalized spacial score (nSPS) is 12.8. The maximum atomic E-state index is 14.4.